The Balaban J connectivity index is 1.69. The minimum absolute atomic E-state index is 0.226. The summed E-state index contributed by atoms with van der Waals surface area (Å²) in [6, 6.07) is 20.4. The van der Waals surface area contributed by atoms with E-state index in [9.17, 15) is 14.4 Å². The molecule has 3 aromatic rings. The van der Waals surface area contributed by atoms with E-state index in [0.29, 0.717) is 16.8 Å². The molecule has 146 valence electrons. The lowest BCUT2D eigenvalue weighted by molar-refractivity contribution is 0.0847. The molecule has 0 atom stereocenters. The Bertz CT molecular complexity index is 1060. The highest BCUT2D eigenvalue weighted by Crippen LogP contribution is 2.17. The second-order valence-corrected chi connectivity index (χ2v) is 7.20. The maximum atomic E-state index is 12.5. The molecule has 0 aliphatic rings. The number of anilines is 1. The predicted octanol–water partition coefficient (Wildman–Crippen LogP) is 4.08. The van der Waals surface area contributed by atoms with Gasteiger partial charge in [0.15, 0.2) is 0 Å². The molecule has 0 aliphatic heterocycles. The van der Waals surface area contributed by atoms with Crippen molar-refractivity contribution in [1.82, 2.24) is 10.9 Å². The summed E-state index contributed by atoms with van der Waals surface area (Å²) < 4.78 is 0.844. The van der Waals surface area contributed by atoms with Gasteiger partial charge in [0.1, 0.15) is 0 Å². The summed E-state index contributed by atoms with van der Waals surface area (Å²) in [5, 5.41) is 2.74. The molecule has 3 amide bonds. The summed E-state index contributed by atoms with van der Waals surface area (Å²) in [5.74, 6) is -1.32. The molecule has 0 saturated carbocycles. The fraction of sp³-hybridized carbons (Fsp3) is 0.0455. The predicted molar refractivity (Wildman–Crippen MR) is 115 cm³/mol. The van der Waals surface area contributed by atoms with Crippen LogP contribution in [-0.4, -0.2) is 17.7 Å². The number of carbonyl (C=O) groups excluding carboxylic acids is 3. The monoisotopic (exact) mass is 451 g/mol. The van der Waals surface area contributed by atoms with Gasteiger partial charge in [0.05, 0.1) is 11.3 Å². The quantitative estimate of drug-likeness (QED) is 0.522. The van der Waals surface area contributed by atoms with E-state index < -0.39 is 11.8 Å². The average Bonchev–Trinajstić information content (AvgIpc) is 2.72. The smallest absolute Gasteiger partial charge is 0.271 e. The number of rotatable bonds is 4. The van der Waals surface area contributed by atoms with Gasteiger partial charge in [0.25, 0.3) is 17.7 Å². The molecule has 0 aliphatic carbocycles. The molecule has 0 unspecified atom stereocenters. The zero-order valence-corrected chi connectivity index (χ0v) is 17.1. The van der Waals surface area contributed by atoms with Crippen LogP contribution in [0, 0.1) is 6.92 Å². The Morgan fingerprint density at radius 3 is 2.14 bits per heavy atom. The van der Waals surface area contributed by atoms with Crippen LogP contribution >= 0.6 is 15.9 Å². The molecule has 7 heteroatoms. The third kappa shape index (κ3) is 5.30. The van der Waals surface area contributed by atoms with Crippen LogP contribution in [-0.2, 0) is 0 Å². The summed E-state index contributed by atoms with van der Waals surface area (Å²) >= 11 is 3.30. The van der Waals surface area contributed by atoms with Crippen molar-refractivity contribution in [3.8, 4) is 0 Å². The van der Waals surface area contributed by atoms with E-state index in [-0.39, 0.29) is 11.5 Å². The van der Waals surface area contributed by atoms with Crippen LogP contribution in [0.25, 0.3) is 0 Å². The van der Waals surface area contributed by atoms with Crippen molar-refractivity contribution in [3.05, 3.63) is 99.5 Å². The van der Waals surface area contributed by atoms with E-state index in [4.69, 9.17) is 0 Å². The van der Waals surface area contributed by atoms with Gasteiger partial charge in [0, 0.05) is 15.6 Å². The molecule has 0 bridgehead atoms. The van der Waals surface area contributed by atoms with Gasteiger partial charge < -0.3 is 5.32 Å². The van der Waals surface area contributed by atoms with Gasteiger partial charge >= 0.3 is 0 Å². The molecular formula is C22H18BrN3O3. The van der Waals surface area contributed by atoms with Crippen molar-refractivity contribution in [3.63, 3.8) is 0 Å². The zero-order valence-electron chi connectivity index (χ0n) is 15.5. The highest BCUT2D eigenvalue weighted by molar-refractivity contribution is 9.10. The first-order valence-corrected chi connectivity index (χ1v) is 9.56. The molecule has 3 aromatic carbocycles. The summed E-state index contributed by atoms with van der Waals surface area (Å²) in [4.78, 5) is 37.2. The fourth-order valence-electron chi connectivity index (χ4n) is 2.63. The Labute approximate surface area is 176 Å². The maximum Gasteiger partial charge on any atom is 0.271 e. The average molecular weight is 452 g/mol. The molecule has 3 N–H and O–H groups in total. The van der Waals surface area contributed by atoms with Crippen molar-refractivity contribution in [1.29, 1.82) is 0 Å². The molecule has 0 saturated heterocycles. The number of nitrogens with one attached hydrogen (secondary N) is 3. The lowest BCUT2D eigenvalue weighted by Gasteiger charge is -2.12. The Hall–Kier alpha value is -3.45. The normalized spacial score (nSPS) is 10.1. The number of para-hydroxylation sites is 1. The van der Waals surface area contributed by atoms with Crippen molar-refractivity contribution in [2.24, 2.45) is 0 Å². The van der Waals surface area contributed by atoms with Gasteiger partial charge in [-0.15, -0.1) is 0 Å². The van der Waals surface area contributed by atoms with Crippen LogP contribution in [0.15, 0.2) is 77.3 Å². The number of hydrogen-bond acceptors (Lipinski definition) is 3. The Morgan fingerprint density at radius 2 is 1.41 bits per heavy atom. The topological polar surface area (TPSA) is 87.3 Å². The molecule has 0 spiro atoms. The largest absolute Gasteiger partial charge is 0.321 e. The van der Waals surface area contributed by atoms with Crippen molar-refractivity contribution in [2.75, 3.05) is 5.32 Å². The number of benzene rings is 3. The van der Waals surface area contributed by atoms with Gasteiger partial charge in [-0.05, 0) is 55.5 Å². The second-order valence-electron chi connectivity index (χ2n) is 6.28. The van der Waals surface area contributed by atoms with Crippen LogP contribution in [0.5, 0.6) is 0 Å². The molecule has 29 heavy (non-hydrogen) atoms. The van der Waals surface area contributed by atoms with Crippen molar-refractivity contribution < 1.29 is 14.4 Å². The van der Waals surface area contributed by atoms with Crippen LogP contribution in [0.3, 0.4) is 0 Å². The molecular weight excluding hydrogens is 434 g/mol. The van der Waals surface area contributed by atoms with E-state index in [1.54, 1.807) is 66.7 Å². The zero-order chi connectivity index (χ0) is 20.8. The first kappa shape index (κ1) is 20.3. The summed E-state index contributed by atoms with van der Waals surface area (Å²) in [7, 11) is 0. The minimum atomic E-state index is -0.546. The molecule has 0 fully saturated rings. The molecule has 0 heterocycles. The third-order valence-corrected chi connectivity index (χ3v) is 4.62. The van der Waals surface area contributed by atoms with E-state index >= 15 is 0 Å². The van der Waals surface area contributed by atoms with E-state index in [2.05, 4.69) is 32.1 Å². The summed E-state index contributed by atoms with van der Waals surface area (Å²) in [6.45, 7) is 1.90. The number of halogens is 1. The summed E-state index contributed by atoms with van der Waals surface area (Å²) in [5.41, 5.74) is 7.16. The SMILES string of the molecule is Cc1cccc(C(=O)Nc2ccccc2C(=O)NNC(=O)c2ccc(Br)cc2)c1. The van der Waals surface area contributed by atoms with E-state index in [1.165, 1.54) is 0 Å². The highest BCUT2D eigenvalue weighted by Gasteiger charge is 2.15. The van der Waals surface area contributed by atoms with Gasteiger partial charge in [-0.25, -0.2) is 0 Å². The second kappa shape index (κ2) is 9.16. The van der Waals surface area contributed by atoms with Crippen molar-refractivity contribution in [2.45, 2.75) is 6.92 Å². The maximum absolute atomic E-state index is 12.5. The van der Waals surface area contributed by atoms with Gasteiger partial charge in [0.2, 0.25) is 0 Å². The molecule has 3 rings (SSSR count). The van der Waals surface area contributed by atoms with Crippen LogP contribution in [0.1, 0.15) is 36.6 Å². The van der Waals surface area contributed by atoms with E-state index in [0.717, 1.165) is 10.0 Å². The van der Waals surface area contributed by atoms with Gasteiger partial charge in [-0.3, -0.25) is 25.2 Å². The number of amides is 3. The summed E-state index contributed by atoms with van der Waals surface area (Å²) in [6.07, 6.45) is 0. The number of aryl methyl sites for hydroxylation is 1. The number of carbonyl (C=O) groups is 3. The third-order valence-electron chi connectivity index (χ3n) is 4.10. The standard InChI is InChI=1S/C22H18BrN3O3/c1-14-5-4-6-16(13-14)20(27)24-19-8-3-2-7-18(19)22(29)26-25-21(28)15-9-11-17(23)12-10-15/h2-13H,1H3,(H,24,27)(H,25,28)(H,26,29). The first-order chi connectivity index (χ1) is 13.9. The van der Waals surface area contributed by atoms with Crippen molar-refractivity contribution >= 4 is 39.3 Å². The minimum Gasteiger partial charge on any atom is -0.321 e. The lowest BCUT2D eigenvalue weighted by Crippen LogP contribution is -2.41. The fourth-order valence-corrected chi connectivity index (χ4v) is 2.89. The van der Waals surface area contributed by atoms with Crippen LogP contribution in [0.2, 0.25) is 0 Å². The molecule has 6 nitrogen and oxygen atoms in total. The Morgan fingerprint density at radius 1 is 0.724 bits per heavy atom. The van der Waals surface area contributed by atoms with Crippen LogP contribution < -0.4 is 16.2 Å². The Kier molecular flexibility index (Phi) is 6.41. The number of hydrazine groups is 1. The van der Waals surface area contributed by atoms with E-state index in [1.807, 2.05) is 13.0 Å². The van der Waals surface area contributed by atoms with Crippen LogP contribution in [0.4, 0.5) is 5.69 Å². The number of hydrogen-bond donors (Lipinski definition) is 3. The highest BCUT2D eigenvalue weighted by atomic mass is 79.9. The van der Waals surface area contributed by atoms with Gasteiger partial charge in [-0.2, -0.15) is 0 Å². The molecule has 0 radical (unpaired) electrons. The van der Waals surface area contributed by atoms with Gasteiger partial charge in [-0.1, -0.05) is 45.8 Å². The molecule has 0 aromatic heterocycles. The lowest BCUT2D eigenvalue weighted by atomic mass is 10.1. The first-order valence-electron chi connectivity index (χ1n) is 8.77.